The molecule has 3 rings (SSSR count). The van der Waals surface area contributed by atoms with E-state index in [9.17, 15) is 9.59 Å². The average molecular weight is 342 g/mol. The van der Waals surface area contributed by atoms with Gasteiger partial charge < -0.3 is 15.6 Å². The van der Waals surface area contributed by atoms with E-state index in [0.29, 0.717) is 19.0 Å². The van der Waals surface area contributed by atoms with Gasteiger partial charge in [0.25, 0.3) is 5.56 Å². The summed E-state index contributed by atoms with van der Waals surface area (Å²) in [5.41, 5.74) is 1.65. The maximum absolute atomic E-state index is 12.3. The van der Waals surface area contributed by atoms with Crippen molar-refractivity contribution in [2.75, 3.05) is 19.6 Å². The van der Waals surface area contributed by atoms with Crippen molar-refractivity contribution in [3.05, 3.63) is 46.2 Å². The zero-order chi connectivity index (χ0) is 17.8. The first-order chi connectivity index (χ1) is 12.0. The second-order valence-electron chi connectivity index (χ2n) is 7.11. The van der Waals surface area contributed by atoms with Crippen molar-refractivity contribution in [3.8, 4) is 0 Å². The lowest BCUT2D eigenvalue weighted by atomic mass is 10.1. The number of hydrogen-bond donors (Lipinski definition) is 3. The predicted molar refractivity (Wildman–Crippen MR) is 99.6 cm³/mol. The van der Waals surface area contributed by atoms with E-state index in [1.807, 2.05) is 44.2 Å². The fraction of sp³-hybridized carbons (Fsp3) is 0.474. The van der Waals surface area contributed by atoms with Gasteiger partial charge in [0.1, 0.15) is 0 Å². The number of carbonyl (C=O) groups is 1. The molecule has 1 aromatic heterocycles. The topological polar surface area (TPSA) is 77.2 Å². The normalized spacial score (nSPS) is 18.0. The summed E-state index contributed by atoms with van der Waals surface area (Å²) in [6.07, 6.45) is 1.04. The minimum Gasteiger partial charge on any atom is -0.338 e. The Morgan fingerprint density at radius 1 is 1.36 bits per heavy atom. The van der Waals surface area contributed by atoms with E-state index >= 15 is 0 Å². The van der Waals surface area contributed by atoms with Gasteiger partial charge >= 0.3 is 6.03 Å². The molecule has 6 nitrogen and oxygen atoms in total. The summed E-state index contributed by atoms with van der Waals surface area (Å²) in [5.74, 6) is 0.428. The van der Waals surface area contributed by atoms with Crippen molar-refractivity contribution in [1.82, 2.24) is 20.5 Å². The average Bonchev–Trinajstić information content (AvgIpc) is 3.00. The highest BCUT2D eigenvalue weighted by Crippen LogP contribution is 2.18. The third-order valence-corrected chi connectivity index (χ3v) is 4.57. The summed E-state index contributed by atoms with van der Waals surface area (Å²) < 4.78 is 0. The molecule has 2 heterocycles. The fourth-order valence-electron chi connectivity index (χ4n) is 3.32. The van der Waals surface area contributed by atoms with Crippen LogP contribution in [0.1, 0.15) is 25.8 Å². The molecule has 1 aliphatic rings. The van der Waals surface area contributed by atoms with Crippen molar-refractivity contribution in [3.63, 3.8) is 0 Å². The lowest BCUT2D eigenvalue weighted by molar-refractivity contribution is 0.236. The van der Waals surface area contributed by atoms with Crippen molar-refractivity contribution >= 4 is 16.9 Å². The molecule has 134 valence electrons. The van der Waals surface area contributed by atoms with Crippen LogP contribution >= 0.6 is 0 Å². The summed E-state index contributed by atoms with van der Waals surface area (Å²) in [7, 11) is 0. The number of urea groups is 1. The Labute approximate surface area is 147 Å². The molecule has 0 aliphatic carbocycles. The molecule has 0 radical (unpaired) electrons. The van der Waals surface area contributed by atoms with Gasteiger partial charge in [0.05, 0.1) is 0 Å². The van der Waals surface area contributed by atoms with Crippen LogP contribution in [-0.2, 0) is 6.54 Å². The molecule has 25 heavy (non-hydrogen) atoms. The van der Waals surface area contributed by atoms with Gasteiger partial charge in [-0.25, -0.2) is 4.79 Å². The number of para-hydroxylation sites is 1. The van der Waals surface area contributed by atoms with Gasteiger partial charge in [0.15, 0.2) is 0 Å². The molecule has 1 aliphatic heterocycles. The molecule has 0 saturated carbocycles. The third kappa shape index (κ3) is 4.60. The van der Waals surface area contributed by atoms with Crippen LogP contribution < -0.4 is 16.2 Å². The Kier molecular flexibility index (Phi) is 5.38. The van der Waals surface area contributed by atoms with E-state index in [1.54, 1.807) is 0 Å². The zero-order valence-electron chi connectivity index (χ0n) is 14.8. The largest absolute Gasteiger partial charge is 0.338 e. The lowest BCUT2D eigenvalue weighted by Crippen LogP contribution is -2.41. The number of nitrogens with one attached hydrogen (secondary N) is 3. The minimum absolute atomic E-state index is 0.0170. The molecule has 2 aromatic rings. The number of pyridine rings is 1. The summed E-state index contributed by atoms with van der Waals surface area (Å²) in [6.45, 7) is 7.05. The first-order valence-corrected chi connectivity index (χ1v) is 8.89. The molecule has 0 spiro atoms. The number of hydrogen-bond acceptors (Lipinski definition) is 3. The molecule has 1 aromatic carbocycles. The smallest absolute Gasteiger partial charge is 0.314 e. The number of amides is 2. The molecule has 1 fully saturated rings. The Balaban J connectivity index is 1.55. The van der Waals surface area contributed by atoms with Crippen molar-refractivity contribution in [2.24, 2.45) is 5.92 Å². The third-order valence-electron chi connectivity index (χ3n) is 4.57. The number of rotatable bonds is 5. The quantitative estimate of drug-likeness (QED) is 0.778. The van der Waals surface area contributed by atoms with Crippen LogP contribution in [-0.4, -0.2) is 41.6 Å². The standard InChI is InChI=1S/C19H26N4O2/c1-13(2)21-19(25)20-10-14-7-8-23(11-14)12-16-9-15-5-3-4-6-17(15)22-18(16)24/h3-6,9,13-14H,7-8,10-12H2,1-2H3,(H,22,24)(H2,20,21,25). The maximum Gasteiger partial charge on any atom is 0.314 e. The second-order valence-corrected chi connectivity index (χ2v) is 7.11. The zero-order valence-corrected chi connectivity index (χ0v) is 14.8. The van der Waals surface area contributed by atoms with Crippen LogP contribution in [0.3, 0.4) is 0 Å². The van der Waals surface area contributed by atoms with Crippen LogP contribution in [0.2, 0.25) is 0 Å². The number of H-pyrrole nitrogens is 1. The first-order valence-electron chi connectivity index (χ1n) is 8.89. The van der Waals surface area contributed by atoms with Crippen LogP contribution in [0, 0.1) is 5.92 Å². The highest BCUT2D eigenvalue weighted by atomic mass is 16.2. The fourth-order valence-corrected chi connectivity index (χ4v) is 3.32. The summed E-state index contributed by atoms with van der Waals surface area (Å²) in [6, 6.07) is 9.84. The van der Waals surface area contributed by atoms with E-state index in [2.05, 4.69) is 20.5 Å². The van der Waals surface area contributed by atoms with Gasteiger partial charge in [-0.3, -0.25) is 9.69 Å². The van der Waals surface area contributed by atoms with E-state index in [4.69, 9.17) is 0 Å². The Morgan fingerprint density at radius 3 is 2.96 bits per heavy atom. The van der Waals surface area contributed by atoms with Crippen LogP contribution in [0.4, 0.5) is 4.79 Å². The molecule has 6 heteroatoms. The van der Waals surface area contributed by atoms with Crippen molar-refractivity contribution in [1.29, 1.82) is 0 Å². The Bertz CT molecular complexity index is 799. The monoisotopic (exact) mass is 342 g/mol. The van der Waals surface area contributed by atoms with Crippen molar-refractivity contribution < 1.29 is 4.79 Å². The number of aromatic nitrogens is 1. The maximum atomic E-state index is 12.3. The van der Waals surface area contributed by atoms with Crippen LogP contribution in [0.5, 0.6) is 0 Å². The lowest BCUT2D eigenvalue weighted by Gasteiger charge is -2.17. The molecule has 3 N–H and O–H groups in total. The minimum atomic E-state index is -0.112. The van der Waals surface area contributed by atoms with Crippen LogP contribution in [0.25, 0.3) is 10.9 Å². The summed E-state index contributed by atoms with van der Waals surface area (Å²) >= 11 is 0. The van der Waals surface area contributed by atoms with E-state index in [-0.39, 0.29) is 17.6 Å². The molecule has 2 amide bonds. The van der Waals surface area contributed by atoms with Gasteiger partial charge in [-0.2, -0.15) is 0 Å². The van der Waals surface area contributed by atoms with Gasteiger partial charge in [0, 0.05) is 36.8 Å². The van der Waals surface area contributed by atoms with Crippen LogP contribution in [0.15, 0.2) is 35.1 Å². The molecular weight excluding hydrogens is 316 g/mol. The SMILES string of the molecule is CC(C)NC(=O)NCC1CCN(Cc2cc3ccccc3[nH]c2=O)C1. The Morgan fingerprint density at radius 2 is 2.16 bits per heavy atom. The van der Waals surface area contributed by atoms with Crippen molar-refractivity contribution in [2.45, 2.75) is 32.9 Å². The van der Waals surface area contributed by atoms with Gasteiger partial charge in [-0.15, -0.1) is 0 Å². The summed E-state index contributed by atoms with van der Waals surface area (Å²) in [4.78, 5) is 29.2. The van der Waals surface area contributed by atoms with Gasteiger partial charge in [-0.1, -0.05) is 18.2 Å². The number of nitrogens with zero attached hydrogens (tertiary/aromatic N) is 1. The summed E-state index contributed by atoms with van der Waals surface area (Å²) in [5, 5.41) is 6.82. The number of aromatic amines is 1. The molecule has 1 unspecified atom stereocenters. The Hall–Kier alpha value is -2.34. The number of fused-ring (bicyclic) bond motifs is 1. The molecule has 0 bridgehead atoms. The number of likely N-dealkylation sites (tertiary alicyclic amines) is 1. The first kappa shape index (κ1) is 17.5. The highest BCUT2D eigenvalue weighted by molar-refractivity contribution is 5.78. The second kappa shape index (κ2) is 7.70. The molecule has 1 saturated heterocycles. The number of benzene rings is 1. The van der Waals surface area contributed by atoms with E-state index < -0.39 is 0 Å². The van der Waals surface area contributed by atoms with Gasteiger partial charge in [-0.05, 0) is 50.2 Å². The highest BCUT2D eigenvalue weighted by Gasteiger charge is 2.23. The predicted octanol–water partition coefficient (Wildman–Crippen LogP) is 2.06. The van der Waals surface area contributed by atoms with E-state index in [0.717, 1.165) is 36.0 Å². The van der Waals surface area contributed by atoms with Gasteiger partial charge in [0.2, 0.25) is 0 Å². The molecular formula is C19H26N4O2. The number of carbonyl (C=O) groups excluding carboxylic acids is 1. The molecule has 1 atom stereocenters. The van der Waals surface area contributed by atoms with E-state index in [1.165, 1.54) is 0 Å².